The van der Waals surface area contributed by atoms with E-state index in [9.17, 15) is 0 Å². The molecule has 10 heteroatoms. The highest BCUT2D eigenvalue weighted by Gasteiger charge is 2.50. The molecule has 1 aromatic heterocycles. The highest BCUT2D eigenvalue weighted by atomic mass is 31.2. The summed E-state index contributed by atoms with van der Waals surface area (Å²) < 4.78 is 39.0. The van der Waals surface area contributed by atoms with Gasteiger partial charge in [0.15, 0.2) is 0 Å². The van der Waals surface area contributed by atoms with E-state index in [0.717, 1.165) is 73.1 Å². The number of fused-ring (bicyclic) bond motifs is 9. The second-order valence-electron chi connectivity index (χ2n) is 17.8. The average Bonchev–Trinajstić information content (AvgIpc) is 3.42. The lowest BCUT2D eigenvalue weighted by molar-refractivity contribution is 0.582. The van der Waals surface area contributed by atoms with Gasteiger partial charge in [0.2, 0.25) is 11.1 Å². The molecule has 0 bridgehead atoms. The van der Waals surface area contributed by atoms with E-state index in [-0.39, 0.29) is 11.1 Å². The van der Waals surface area contributed by atoms with E-state index in [1.54, 1.807) is 0 Å². The quantitative estimate of drug-likeness (QED) is 0.153. The Kier molecular flexibility index (Phi) is 10.1. The van der Waals surface area contributed by atoms with Crippen molar-refractivity contribution < 1.29 is 9.13 Å². The lowest BCUT2D eigenvalue weighted by Gasteiger charge is -2.41. The lowest BCUT2D eigenvalue weighted by Crippen LogP contribution is -2.44. The Morgan fingerprint density at radius 1 is 0.357 bits per heavy atom. The highest BCUT2D eigenvalue weighted by Crippen LogP contribution is 2.63. The van der Waals surface area contributed by atoms with Gasteiger partial charge in [-0.05, 0) is 95.4 Å². The Hall–Kier alpha value is -8.15. The van der Waals surface area contributed by atoms with Gasteiger partial charge in [-0.1, -0.05) is 170 Å². The van der Waals surface area contributed by atoms with E-state index >= 15 is 9.13 Å². The summed E-state index contributed by atoms with van der Waals surface area (Å²) in [6, 6.07) is 79.1. The van der Waals surface area contributed by atoms with Crippen molar-refractivity contribution in [2.24, 2.45) is 0 Å². The normalized spacial score (nSPS) is 18.7. The van der Waals surface area contributed by atoms with E-state index in [1.165, 1.54) is 0 Å². The van der Waals surface area contributed by atoms with E-state index in [0.29, 0.717) is 29.4 Å². The fourth-order valence-electron chi connectivity index (χ4n) is 10.8. The first-order valence-electron chi connectivity index (χ1n) is 23.6. The monoisotopic (exact) mass is 942 g/mol. The van der Waals surface area contributed by atoms with Crippen molar-refractivity contribution >= 4 is 70.4 Å². The Morgan fingerprint density at radius 2 is 0.729 bits per heavy atom. The van der Waals surface area contributed by atoms with Crippen LogP contribution in [-0.4, -0.2) is 21.5 Å². The molecule has 0 aliphatic carbocycles. The topological polar surface area (TPSA) is 82.5 Å². The lowest BCUT2D eigenvalue weighted by atomic mass is 9.88. The van der Waals surface area contributed by atoms with Crippen LogP contribution >= 0.6 is 14.6 Å². The summed E-state index contributed by atoms with van der Waals surface area (Å²) in [6.07, 6.45) is 0.537. The van der Waals surface area contributed by atoms with Gasteiger partial charge in [-0.3, -0.25) is 18.5 Å². The summed E-state index contributed by atoms with van der Waals surface area (Å²) >= 11 is 0. The highest BCUT2D eigenvalue weighted by molar-refractivity contribution is 7.81. The molecule has 13 rings (SSSR count). The molecule has 9 aromatic carbocycles. The van der Waals surface area contributed by atoms with E-state index in [1.807, 2.05) is 161 Å². The zero-order valence-corrected chi connectivity index (χ0v) is 39.7. The number of hydrogen-bond acceptors (Lipinski definition) is 6. The van der Waals surface area contributed by atoms with Crippen LogP contribution in [0.25, 0.3) is 33.4 Å². The van der Waals surface area contributed by atoms with E-state index < -0.39 is 20.5 Å². The van der Waals surface area contributed by atoms with Crippen LogP contribution in [0.1, 0.15) is 17.3 Å². The van der Waals surface area contributed by atoms with Gasteiger partial charge in [0, 0.05) is 62.5 Å². The molecule has 0 fully saturated rings. The van der Waals surface area contributed by atoms with Gasteiger partial charge in [0.05, 0.1) is 11.4 Å². The first-order valence-corrected chi connectivity index (χ1v) is 26.9. The third-order valence-electron chi connectivity index (χ3n) is 13.8. The van der Waals surface area contributed by atoms with Crippen molar-refractivity contribution in [2.45, 2.75) is 12.3 Å². The van der Waals surface area contributed by atoms with Crippen LogP contribution in [0, 0.1) is 0 Å². The van der Waals surface area contributed by atoms with Gasteiger partial charge in [0.1, 0.15) is 5.82 Å². The minimum Gasteiger partial charge on any atom is -0.340 e. The molecule has 3 aliphatic rings. The summed E-state index contributed by atoms with van der Waals surface area (Å²) in [6.45, 7) is 0.455. The molecule has 0 saturated heterocycles. The fourth-order valence-corrected chi connectivity index (χ4v) is 16.5. The zero-order valence-electron chi connectivity index (χ0n) is 37.9. The molecule has 0 amide bonds. The van der Waals surface area contributed by atoms with Crippen molar-refractivity contribution in [3.63, 3.8) is 0 Å². The zero-order chi connectivity index (χ0) is 46.8. The molecule has 70 heavy (non-hydrogen) atoms. The molecule has 336 valence electrons. The SMILES string of the molecule is O=P1(c2nc(C3Cc4ccccc4-c4ccccc4N(c4ccccc4)C3)nc(P3(=O)c4ccccc4-c4ccccc4N3c3ccccc3)n2)c2ccccc2-c2ccccc2N1c1ccccc1. The summed E-state index contributed by atoms with van der Waals surface area (Å²) in [5.41, 5.74) is 12.1. The molecular weight excluding hydrogens is 899 g/mol. The van der Waals surface area contributed by atoms with Crippen molar-refractivity contribution in [3.05, 3.63) is 248 Å². The Bertz CT molecular complexity index is 3570. The van der Waals surface area contributed by atoms with Crippen LogP contribution in [0.5, 0.6) is 0 Å². The van der Waals surface area contributed by atoms with Crippen molar-refractivity contribution in [1.29, 1.82) is 0 Å². The number of hydrogen-bond donors (Lipinski definition) is 0. The maximum absolute atomic E-state index is 17.6. The van der Waals surface area contributed by atoms with Gasteiger partial charge in [0.25, 0.3) is 14.6 Å². The molecule has 0 spiro atoms. The number of para-hydroxylation sites is 6. The molecule has 10 aromatic rings. The molecule has 0 saturated carbocycles. The first-order chi connectivity index (χ1) is 34.5. The van der Waals surface area contributed by atoms with Crippen molar-refractivity contribution in [1.82, 2.24) is 15.0 Å². The van der Waals surface area contributed by atoms with Crippen LogP contribution < -0.4 is 36.0 Å². The average molecular weight is 943 g/mol. The third kappa shape index (κ3) is 6.55. The largest absolute Gasteiger partial charge is 0.340 e. The molecule has 0 radical (unpaired) electrons. The summed E-state index contributed by atoms with van der Waals surface area (Å²) in [4.78, 5) is 18.9. The van der Waals surface area contributed by atoms with Gasteiger partial charge in [-0.2, -0.15) is 4.98 Å². The van der Waals surface area contributed by atoms with Gasteiger partial charge in [-0.25, -0.2) is 9.97 Å². The molecule has 3 unspecified atom stereocenters. The fraction of sp³-hybridized carbons (Fsp3) is 0.0500. The minimum atomic E-state index is -4.14. The van der Waals surface area contributed by atoms with Crippen LogP contribution in [0.4, 0.5) is 34.1 Å². The molecular formula is C60H44N6O2P2. The number of nitrogens with zero attached hydrogens (tertiary/aromatic N) is 6. The molecule has 4 heterocycles. The van der Waals surface area contributed by atoms with Crippen LogP contribution in [0.3, 0.4) is 0 Å². The number of rotatable bonds is 6. The summed E-state index contributed by atoms with van der Waals surface area (Å²) in [7, 11) is -8.29. The summed E-state index contributed by atoms with van der Waals surface area (Å²) in [5, 5.41) is 1.19. The van der Waals surface area contributed by atoms with Crippen LogP contribution in [0.15, 0.2) is 237 Å². The van der Waals surface area contributed by atoms with Crippen LogP contribution in [-0.2, 0) is 15.6 Å². The second kappa shape index (κ2) is 16.8. The Morgan fingerprint density at radius 3 is 1.23 bits per heavy atom. The van der Waals surface area contributed by atoms with Gasteiger partial charge < -0.3 is 4.90 Å². The Balaban J connectivity index is 1.14. The number of aromatic nitrogens is 3. The van der Waals surface area contributed by atoms with E-state index in [4.69, 9.17) is 15.0 Å². The predicted octanol–water partition coefficient (Wildman–Crippen LogP) is 13.1. The third-order valence-corrected chi connectivity index (χ3v) is 19.4. The van der Waals surface area contributed by atoms with Gasteiger partial charge >= 0.3 is 0 Å². The maximum atomic E-state index is 17.6. The first kappa shape index (κ1) is 42.0. The van der Waals surface area contributed by atoms with E-state index in [2.05, 4.69) is 89.8 Å². The van der Waals surface area contributed by atoms with Gasteiger partial charge in [-0.15, -0.1) is 0 Å². The number of benzene rings is 9. The second-order valence-corrected chi connectivity index (χ2v) is 22.7. The number of anilines is 6. The Labute approximate surface area is 407 Å². The minimum absolute atomic E-state index is 0.0693. The summed E-state index contributed by atoms with van der Waals surface area (Å²) in [5.74, 6) is -0.00216. The molecule has 3 aliphatic heterocycles. The van der Waals surface area contributed by atoms with Crippen LogP contribution in [0.2, 0.25) is 0 Å². The predicted molar refractivity (Wildman–Crippen MR) is 286 cm³/mol. The molecule has 3 atom stereocenters. The van der Waals surface area contributed by atoms with Crippen molar-refractivity contribution in [3.8, 4) is 33.4 Å². The molecule has 0 N–H and O–H groups in total. The maximum Gasteiger partial charge on any atom is 0.270 e. The molecule has 8 nitrogen and oxygen atoms in total. The standard InChI is InChI=1S/C60H44N6O2P2/c67-69(56-38-20-15-33-51(56)49-31-13-18-36-54(49)65(69)45-25-6-2-7-26-45)59-61-58(43-40-42-22-10-11-29-47(42)48-30-12-17-35-53(48)64(41-43)44-23-4-1-5-24-44)62-60(63-59)70(68)57-39-21-16-34-52(57)50-32-14-19-37-55(50)66(70)46-27-8-3-9-28-46/h1-39,43H,40-41H2. The van der Waals surface area contributed by atoms with Crippen molar-refractivity contribution in [2.75, 3.05) is 20.8 Å². The smallest absolute Gasteiger partial charge is 0.270 e.